The maximum atomic E-state index is 11.5. The van der Waals surface area contributed by atoms with E-state index >= 15 is 0 Å². The Labute approximate surface area is 144 Å². The summed E-state index contributed by atoms with van der Waals surface area (Å²) in [7, 11) is 0. The number of piperidine rings is 1. The van der Waals surface area contributed by atoms with Crippen LogP contribution in [0.5, 0.6) is 0 Å². The quantitative estimate of drug-likeness (QED) is 0.835. The van der Waals surface area contributed by atoms with Crippen molar-refractivity contribution in [2.75, 3.05) is 39.4 Å². The molecular formula is C18H28N4O2. The van der Waals surface area contributed by atoms with E-state index in [2.05, 4.69) is 20.9 Å². The summed E-state index contributed by atoms with van der Waals surface area (Å²) >= 11 is 0. The van der Waals surface area contributed by atoms with E-state index in [-0.39, 0.29) is 5.91 Å². The van der Waals surface area contributed by atoms with E-state index in [4.69, 9.17) is 4.74 Å². The largest absolute Gasteiger partial charge is 0.380 e. The van der Waals surface area contributed by atoms with Crippen molar-refractivity contribution in [2.24, 2.45) is 5.92 Å². The van der Waals surface area contributed by atoms with Crippen molar-refractivity contribution in [3.63, 3.8) is 0 Å². The Kier molecular flexibility index (Phi) is 5.79. The third-order valence-corrected chi connectivity index (χ3v) is 5.15. The minimum atomic E-state index is 0.199. The Morgan fingerprint density at radius 3 is 2.79 bits per heavy atom. The highest BCUT2D eigenvalue weighted by Gasteiger charge is 2.29. The molecule has 2 aliphatic rings. The lowest BCUT2D eigenvalue weighted by atomic mass is 9.99. The molecule has 2 aliphatic heterocycles. The van der Waals surface area contributed by atoms with Gasteiger partial charge in [-0.15, -0.1) is 0 Å². The number of likely N-dealkylation sites (tertiary alicyclic amines) is 1. The van der Waals surface area contributed by atoms with Crippen molar-refractivity contribution in [1.82, 2.24) is 19.8 Å². The van der Waals surface area contributed by atoms with Crippen molar-refractivity contribution in [3.8, 4) is 0 Å². The summed E-state index contributed by atoms with van der Waals surface area (Å²) in [5.74, 6) is 0.664. The van der Waals surface area contributed by atoms with E-state index in [1.165, 1.54) is 0 Å². The summed E-state index contributed by atoms with van der Waals surface area (Å²) in [5, 5.41) is 0. The molecule has 0 aliphatic carbocycles. The van der Waals surface area contributed by atoms with Gasteiger partial charge in [-0.1, -0.05) is 0 Å². The van der Waals surface area contributed by atoms with Crippen LogP contribution < -0.4 is 0 Å². The summed E-state index contributed by atoms with van der Waals surface area (Å²) in [6, 6.07) is 2.64. The number of carbonyl (C=O) groups excluding carboxylic acids is 1. The van der Waals surface area contributed by atoms with E-state index in [0.717, 1.165) is 70.0 Å². The van der Waals surface area contributed by atoms with Crippen LogP contribution >= 0.6 is 0 Å². The molecule has 2 saturated heterocycles. The van der Waals surface area contributed by atoms with Crippen molar-refractivity contribution in [1.29, 1.82) is 0 Å². The second-order valence-corrected chi connectivity index (χ2v) is 7.03. The first-order chi connectivity index (χ1) is 11.6. The van der Waals surface area contributed by atoms with Crippen LogP contribution in [0, 0.1) is 12.8 Å². The van der Waals surface area contributed by atoms with E-state index in [1.54, 1.807) is 13.3 Å². The Morgan fingerprint density at radius 2 is 2.08 bits per heavy atom. The fraction of sp³-hybridized carbons (Fsp3) is 0.722. The molecule has 3 rings (SSSR count). The van der Waals surface area contributed by atoms with Gasteiger partial charge < -0.3 is 9.64 Å². The van der Waals surface area contributed by atoms with Gasteiger partial charge in [-0.25, -0.2) is 9.97 Å². The van der Waals surface area contributed by atoms with Crippen LogP contribution in [-0.4, -0.2) is 71.1 Å². The van der Waals surface area contributed by atoms with Crippen molar-refractivity contribution >= 4 is 5.91 Å². The summed E-state index contributed by atoms with van der Waals surface area (Å²) in [5.41, 5.74) is 2.12. The van der Waals surface area contributed by atoms with Gasteiger partial charge in [0.05, 0.1) is 13.2 Å². The molecule has 0 spiro atoms. The summed E-state index contributed by atoms with van der Waals surface area (Å²) in [6.45, 7) is 9.07. The average Bonchev–Trinajstić information content (AvgIpc) is 2.80. The summed E-state index contributed by atoms with van der Waals surface area (Å²) in [6.07, 6.45) is 4.72. The van der Waals surface area contributed by atoms with E-state index in [9.17, 15) is 4.79 Å². The van der Waals surface area contributed by atoms with Gasteiger partial charge in [-0.2, -0.15) is 0 Å². The molecule has 6 nitrogen and oxygen atoms in total. The van der Waals surface area contributed by atoms with E-state index < -0.39 is 0 Å². The molecule has 0 saturated carbocycles. The predicted molar refractivity (Wildman–Crippen MR) is 91.6 cm³/mol. The molecule has 1 unspecified atom stereocenters. The molecule has 1 amide bonds. The third kappa shape index (κ3) is 4.51. The lowest BCUT2D eigenvalue weighted by Crippen LogP contribution is -2.47. The monoisotopic (exact) mass is 332 g/mol. The maximum absolute atomic E-state index is 11.5. The molecule has 0 N–H and O–H groups in total. The van der Waals surface area contributed by atoms with Gasteiger partial charge in [0.25, 0.3) is 0 Å². The molecule has 1 aromatic heterocycles. The number of ether oxygens (including phenoxy) is 1. The normalized spacial score (nSPS) is 23.9. The van der Waals surface area contributed by atoms with Gasteiger partial charge in [0.15, 0.2) is 0 Å². The summed E-state index contributed by atoms with van der Waals surface area (Å²) < 4.78 is 5.84. The van der Waals surface area contributed by atoms with Crippen molar-refractivity contribution in [2.45, 2.75) is 39.2 Å². The highest BCUT2D eigenvalue weighted by atomic mass is 16.5. The average molecular weight is 332 g/mol. The number of amides is 1. The fourth-order valence-corrected chi connectivity index (χ4v) is 3.83. The number of hydrogen-bond acceptors (Lipinski definition) is 5. The third-order valence-electron chi connectivity index (χ3n) is 5.15. The molecule has 0 bridgehead atoms. The van der Waals surface area contributed by atoms with E-state index in [0.29, 0.717) is 12.0 Å². The van der Waals surface area contributed by atoms with Gasteiger partial charge in [0.2, 0.25) is 5.91 Å². The Bertz CT molecular complexity index is 558. The molecule has 1 atom stereocenters. The standard InChI is InChI=1S/C18H28N4O2/c1-14-9-17(20-13-19-14)10-16-11-22(7-8-24-12-16)18-3-5-21(6-4-18)15(2)23/h9,13,16,18H,3-8,10-12H2,1-2H3. The van der Waals surface area contributed by atoms with Crippen LogP contribution in [0.2, 0.25) is 0 Å². The highest BCUT2D eigenvalue weighted by molar-refractivity contribution is 5.73. The Morgan fingerprint density at radius 1 is 1.29 bits per heavy atom. The molecule has 0 aromatic carbocycles. The zero-order valence-electron chi connectivity index (χ0n) is 14.8. The Hall–Kier alpha value is -1.53. The van der Waals surface area contributed by atoms with Gasteiger partial charge in [0.1, 0.15) is 6.33 Å². The van der Waals surface area contributed by atoms with Crippen molar-refractivity contribution < 1.29 is 9.53 Å². The van der Waals surface area contributed by atoms with Crippen LogP contribution in [0.1, 0.15) is 31.2 Å². The number of aryl methyl sites for hydroxylation is 1. The molecular weight excluding hydrogens is 304 g/mol. The number of nitrogens with zero attached hydrogens (tertiary/aromatic N) is 4. The minimum Gasteiger partial charge on any atom is -0.380 e. The van der Waals surface area contributed by atoms with Crippen LogP contribution in [0.25, 0.3) is 0 Å². The fourth-order valence-electron chi connectivity index (χ4n) is 3.83. The second kappa shape index (κ2) is 8.03. The lowest BCUT2D eigenvalue weighted by molar-refractivity contribution is -0.130. The van der Waals surface area contributed by atoms with Crippen LogP contribution in [-0.2, 0) is 16.0 Å². The first kappa shape index (κ1) is 17.3. The Balaban J connectivity index is 1.58. The SMILES string of the molecule is CC(=O)N1CCC(N2CCOCC(Cc3cc(C)ncn3)C2)CC1. The van der Waals surface area contributed by atoms with E-state index in [1.807, 2.05) is 11.8 Å². The second-order valence-electron chi connectivity index (χ2n) is 7.03. The van der Waals surface area contributed by atoms with Gasteiger partial charge in [0, 0.05) is 56.5 Å². The predicted octanol–water partition coefficient (Wildman–Crippen LogP) is 1.29. The van der Waals surface area contributed by atoms with Crippen LogP contribution in [0.4, 0.5) is 0 Å². The molecule has 6 heteroatoms. The van der Waals surface area contributed by atoms with Crippen LogP contribution in [0.3, 0.4) is 0 Å². The molecule has 2 fully saturated rings. The molecule has 132 valence electrons. The van der Waals surface area contributed by atoms with Crippen LogP contribution in [0.15, 0.2) is 12.4 Å². The number of rotatable bonds is 3. The van der Waals surface area contributed by atoms with Gasteiger partial charge in [-0.05, 0) is 32.3 Å². The van der Waals surface area contributed by atoms with Gasteiger partial charge in [-0.3, -0.25) is 9.69 Å². The summed E-state index contributed by atoms with van der Waals surface area (Å²) in [4.78, 5) is 24.6. The maximum Gasteiger partial charge on any atom is 0.219 e. The first-order valence-electron chi connectivity index (χ1n) is 8.96. The topological polar surface area (TPSA) is 58.6 Å². The lowest BCUT2D eigenvalue weighted by Gasteiger charge is -2.38. The zero-order chi connectivity index (χ0) is 16.9. The molecule has 24 heavy (non-hydrogen) atoms. The number of aromatic nitrogens is 2. The molecule has 0 radical (unpaired) electrons. The zero-order valence-corrected chi connectivity index (χ0v) is 14.8. The highest BCUT2D eigenvalue weighted by Crippen LogP contribution is 2.21. The minimum absolute atomic E-state index is 0.199. The molecule has 1 aromatic rings. The number of carbonyl (C=O) groups is 1. The van der Waals surface area contributed by atoms with Crippen molar-refractivity contribution in [3.05, 3.63) is 23.8 Å². The molecule has 3 heterocycles. The smallest absolute Gasteiger partial charge is 0.219 e. The first-order valence-corrected chi connectivity index (χ1v) is 8.96. The van der Waals surface area contributed by atoms with Gasteiger partial charge >= 0.3 is 0 Å². The number of hydrogen-bond donors (Lipinski definition) is 0.